The number of carbonyl (C=O) groups is 2. The summed E-state index contributed by atoms with van der Waals surface area (Å²) >= 11 is 0. The van der Waals surface area contributed by atoms with Crippen molar-refractivity contribution in [1.82, 2.24) is 4.98 Å². The van der Waals surface area contributed by atoms with Crippen LogP contribution in [0.4, 0.5) is 0 Å². The second-order valence-electron chi connectivity index (χ2n) is 4.74. The molecular weight excluding hydrogens is 238 g/mol. The molecule has 3 nitrogen and oxygen atoms in total. The van der Waals surface area contributed by atoms with Crippen molar-refractivity contribution in [3.63, 3.8) is 0 Å². The topological polar surface area (TPSA) is 49.9 Å². The molecule has 1 aromatic carbocycles. The lowest BCUT2D eigenvalue weighted by atomic mass is 9.85. The highest BCUT2D eigenvalue weighted by molar-refractivity contribution is 6.54. The summed E-state index contributed by atoms with van der Waals surface area (Å²) in [6, 6.07) is 7.63. The predicted octanol–water partition coefficient (Wildman–Crippen LogP) is 3.51. The van der Waals surface area contributed by atoms with Crippen molar-refractivity contribution in [2.24, 2.45) is 0 Å². The zero-order valence-corrected chi connectivity index (χ0v) is 11.0. The normalized spacial score (nSPS) is 15.3. The summed E-state index contributed by atoms with van der Waals surface area (Å²) in [4.78, 5) is 27.8. The molecule has 0 unspecified atom stereocenters. The lowest BCUT2D eigenvalue weighted by Crippen LogP contribution is -2.23. The number of fused-ring (bicyclic) bond motifs is 3. The monoisotopic (exact) mass is 253 g/mol. The third-order valence-corrected chi connectivity index (χ3v) is 3.79. The number of rotatable bonds is 2. The number of allylic oxidation sites excluding steroid dienone is 2. The Morgan fingerprint density at radius 3 is 2.32 bits per heavy atom. The molecule has 1 aromatic heterocycles. The third kappa shape index (κ3) is 1.51. The van der Waals surface area contributed by atoms with Crippen LogP contribution in [0.5, 0.6) is 0 Å². The molecule has 3 heteroatoms. The van der Waals surface area contributed by atoms with Gasteiger partial charge in [0.05, 0.1) is 11.3 Å². The van der Waals surface area contributed by atoms with Crippen molar-refractivity contribution in [3.8, 4) is 0 Å². The fourth-order valence-corrected chi connectivity index (χ4v) is 2.91. The van der Waals surface area contributed by atoms with Gasteiger partial charge in [-0.25, -0.2) is 0 Å². The van der Waals surface area contributed by atoms with Crippen LogP contribution in [0, 0.1) is 0 Å². The minimum atomic E-state index is -0.374. The highest BCUT2D eigenvalue weighted by Gasteiger charge is 2.33. The Balaban J connectivity index is 2.42. The molecule has 1 N–H and O–H groups in total. The number of aromatic nitrogens is 1. The number of aromatic amines is 1. The van der Waals surface area contributed by atoms with Crippen LogP contribution >= 0.6 is 0 Å². The SMILES string of the molecule is CCC1=C(CC)c2[nH]c3ccccc3c2C(=O)C1=O. The van der Waals surface area contributed by atoms with Gasteiger partial charge in [0.15, 0.2) is 0 Å². The molecule has 0 radical (unpaired) electrons. The highest BCUT2D eigenvalue weighted by atomic mass is 16.2. The smallest absolute Gasteiger partial charge is 0.235 e. The van der Waals surface area contributed by atoms with Crippen LogP contribution in [0.25, 0.3) is 16.5 Å². The molecule has 19 heavy (non-hydrogen) atoms. The fraction of sp³-hybridized carbons (Fsp3) is 0.250. The van der Waals surface area contributed by atoms with Crippen LogP contribution in [0.1, 0.15) is 42.7 Å². The lowest BCUT2D eigenvalue weighted by Gasteiger charge is -2.17. The average Bonchev–Trinajstić information content (AvgIpc) is 2.81. The number of H-pyrrole nitrogens is 1. The summed E-state index contributed by atoms with van der Waals surface area (Å²) in [5.41, 5.74) is 3.95. The van der Waals surface area contributed by atoms with Crippen LogP contribution in [0.2, 0.25) is 0 Å². The first kappa shape index (κ1) is 11.9. The van der Waals surface area contributed by atoms with E-state index in [-0.39, 0.29) is 11.6 Å². The van der Waals surface area contributed by atoms with Crippen LogP contribution in [0.3, 0.4) is 0 Å². The van der Waals surface area contributed by atoms with E-state index in [1.54, 1.807) is 0 Å². The predicted molar refractivity (Wildman–Crippen MR) is 75.1 cm³/mol. The number of para-hydroxylation sites is 1. The van der Waals surface area contributed by atoms with Crippen LogP contribution in [0.15, 0.2) is 29.8 Å². The van der Waals surface area contributed by atoms with Crippen molar-refractivity contribution in [1.29, 1.82) is 0 Å². The molecule has 0 atom stereocenters. The molecule has 0 amide bonds. The van der Waals surface area contributed by atoms with E-state index in [4.69, 9.17) is 0 Å². The van der Waals surface area contributed by atoms with E-state index in [2.05, 4.69) is 4.98 Å². The van der Waals surface area contributed by atoms with Gasteiger partial charge >= 0.3 is 0 Å². The van der Waals surface area contributed by atoms with Gasteiger partial charge in [-0.05, 0) is 24.5 Å². The van der Waals surface area contributed by atoms with Crippen LogP contribution < -0.4 is 0 Å². The van der Waals surface area contributed by atoms with Gasteiger partial charge in [-0.3, -0.25) is 9.59 Å². The minimum absolute atomic E-state index is 0.336. The summed E-state index contributed by atoms with van der Waals surface area (Å²) in [6.07, 6.45) is 1.35. The summed E-state index contributed by atoms with van der Waals surface area (Å²) < 4.78 is 0. The van der Waals surface area contributed by atoms with Gasteiger partial charge in [0.2, 0.25) is 11.6 Å². The van der Waals surface area contributed by atoms with Gasteiger partial charge in [0, 0.05) is 16.5 Å². The van der Waals surface area contributed by atoms with E-state index in [9.17, 15) is 9.59 Å². The molecule has 2 aromatic rings. The molecule has 96 valence electrons. The number of hydrogen-bond acceptors (Lipinski definition) is 2. The van der Waals surface area contributed by atoms with Crippen LogP contribution in [-0.2, 0) is 4.79 Å². The van der Waals surface area contributed by atoms with Gasteiger partial charge < -0.3 is 4.98 Å². The first-order valence-corrected chi connectivity index (χ1v) is 6.61. The quantitative estimate of drug-likeness (QED) is 0.833. The molecule has 0 bridgehead atoms. The number of carbonyl (C=O) groups excluding carboxylic acids is 2. The molecular formula is C16H15NO2. The molecule has 0 spiro atoms. The van der Waals surface area contributed by atoms with E-state index in [1.165, 1.54) is 0 Å². The van der Waals surface area contributed by atoms with E-state index in [0.717, 1.165) is 28.6 Å². The Bertz CT molecular complexity index is 734. The zero-order valence-electron chi connectivity index (χ0n) is 11.0. The molecule has 3 rings (SSSR count). The second kappa shape index (κ2) is 4.19. The maximum Gasteiger partial charge on any atom is 0.235 e. The Kier molecular flexibility index (Phi) is 2.63. The Labute approximate surface area is 111 Å². The van der Waals surface area contributed by atoms with Crippen molar-refractivity contribution in [3.05, 3.63) is 41.1 Å². The number of Topliss-reactive ketones (excluding diaryl/α,β-unsaturated/α-hetero) is 2. The first-order chi connectivity index (χ1) is 9.19. The number of benzene rings is 1. The van der Waals surface area contributed by atoms with Crippen molar-refractivity contribution in [2.45, 2.75) is 26.7 Å². The van der Waals surface area contributed by atoms with E-state index >= 15 is 0 Å². The molecule has 0 saturated carbocycles. The van der Waals surface area contributed by atoms with E-state index in [0.29, 0.717) is 17.6 Å². The van der Waals surface area contributed by atoms with Gasteiger partial charge in [-0.2, -0.15) is 0 Å². The number of hydrogen-bond donors (Lipinski definition) is 1. The summed E-state index contributed by atoms with van der Waals surface area (Å²) in [5.74, 6) is -0.710. The van der Waals surface area contributed by atoms with Gasteiger partial charge in [-0.1, -0.05) is 32.0 Å². The molecule has 1 aliphatic carbocycles. The van der Waals surface area contributed by atoms with Crippen LogP contribution in [-0.4, -0.2) is 16.6 Å². The Hall–Kier alpha value is -2.16. The number of nitrogens with one attached hydrogen (secondary N) is 1. The minimum Gasteiger partial charge on any atom is -0.354 e. The third-order valence-electron chi connectivity index (χ3n) is 3.79. The molecule has 1 aliphatic rings. The summed E-state index contributed by atoms with van der Waals surface area (Å²) in [6.45, 7) is 3.94. The van der Waals surface area contributed by atoms with E-state index < -0.39 is 0 Å². The van der Waals surface area contributed by atoms with Gasteiger partial charge in [-0.15, -0.1) is 0 Å². The summed E-state index contributed by atoms with van der Waals surface area (Å²) in [7, 11) is 0. The summed E-state index contributed by atoms with van der Waals surface area (Å²) in [5, 5.41) is 0.844. The highest BCUT2D eigenvalue weighted by Crippen LogP contribution is 2.36. The van der Waals surface area contributed by atoms with Crippen molar-refractivity contribution in [2.75, 3.05) is 0 Å². The number of ketones is 2. The van der Waals surface area contributed by atoms with Gasteiger partial charge in [0.25, 0.3) is 0 Å². The second-order valence-corrected chi connectivity index (χ2v) is 4.74. The molecule has 0 fully saturated rings. The van der Waals surface area contributed by atoms with E-state index in [1.807, 2.05) is 38.1 Å². The zero-order chi connectivity index (χ0) is 13.6. The molecule has 1 heterocycles. The Morgan fingerprint density at radius 1 is 0.947 bits per heavy atom. The van der Waals surface area contributed by atoms with Gasteiger partial charge in [0.1, 0.15) is 0 Å². The average molecular weight is 253 g/mol. The standard InChI is InChI=1S/C16H15NO2/c1-3-9-10(4-2)15(18)16(19)13-11-7-5-6-8-12(11)17-14(9)13/h5-8,17H,3-4H2,1-2H3. The van der Waals surface area contributed by atoms with Crippen molar-refractivity contribution >= 4 is 28.0 Å². The maximum absolute atomic E-state index is 12.3. The largest absolute Gasteiger partial charge is 0.354 e. The van der Waals surface area contributed by atoms with Crippen molar-refractivity contribution < 1.29 is 9.59 Å². The fourth-order valence-electron chi connectivity index (χ4n) is 2.91. The molecule has 0 aliphatic heterocycles. The first-order valence-electron chi connectivity index (χ1n) is 6.61. The maximum atomic E-state index is 12.3. The Morgan fingerprint density at radius 2 is 1.63 bits per heavy atom. The lowest BCUT2D eigenvalue weighted by molar-refractivity contribution is -0.112. The molecule has 0 saturated heterocycles.